The second-order valence-corrected chi connectivity index (χ2v) is 4.82. The molecule has 1 saturated heterocycles. The van der Waals surface area contributed by atoms with Gasteiger partial charge >= 0.3 is 0 Å². The number of nitrogens with one attached hydrogen (secondary N) is 1. The average Bonchev–Trinajstić information content (AvgIpc) is 2.40. The minimum absolute atomic E-state index is 0.158. The van der Waals surface area contributed by atoms with Crippen LogP contribution in [0.15, 0.2) is 18.2 Å². The first-order valence-corrected chi connectivity index (χ1v) is 6.54. The molecule has 0 saturated carbocycles. The van der Waals surface area contributed by atoms with Gasteiger partial charge in [-0.05, 0) is 30.5 Å². The summed E-state index contributed by atoms with van der Waals surface area (Å²) in [5, 5.41) is 12.6. The largest absolute Gasteiger partial charge is 0.396 e. The quantitative estimate of drug-likeness (QED) is 0.851. The molecule has 100 valence electrons. The van der Waals surface area contributed by atoms with E-state index in [1.165, 1.54) is 6.07 Å². The van der Waals surface area contributed by atoms with Crippen molar-refractivity contribution in [3.8, 4) is 0 Å². The topological polar surface area (TPSA) is 35.5 Å². The molecule has 2 N–H and O–H groups in total. The molecule has 1 fully saturated rings. The maximum atomic E-state index is 13.3. The molecule has 1 aromatic rings. The highest BCUT2D eigenvalue weighted by molar-refractivity contribution is 5.26. The standard InChI is InChI=1S/C14H21FN2O/c1-11-10-12(2-3-13(11)15)14(4-9-18)17-7-5-16-6-8-17/h2-3,10,14,16,18H,4-9H2,1H3. The Hall–Kier alpha value is -0.970. The number of nitrogens with zero attached hydrogens (tertiary/aromatic N) is 1. The van der Waals surface area contributed by atoms with E-state index < -0.39 is 0 Å². The summed E-state index contributed by atoms with van der Waals surface area (Å²) in [7, 11) is 0. The molecule has 2 rings (SSSR count). The van der Waals surface area contributed by atoms with Crippen molar-refractivity contribution in [2.24, 2.45) is 0 Å². The van der Waals surface area contributed by atoms with E-state index in [4.69, 9.17) is 0 Å². The molecule has 0 bridgehead atoms. The third-order valence-corrected chi connectivity index (χ3v) is 3.56. The van der Waals surface area contributed by atoms with Crippen molar-refractivity contribution < 1.29 is 9.50 Å². The highest BCUT2D eigenvalue weighted by atomic mass is 19.1. The zero-order valence-corrected chi connectivity index (χ0v) is 10.8. The van der Waals surface area contributed by atoms with Crippen molar-refractivity contribution in [2.45, 2.75) is 19.4 Å². The third kappa shape index (κ3) is 3.07. The summed E-state index contributed by atoms with van der Waals surface area (Å²) >= 11 is 0. The Balaban J connectivity index is 2.19. The van der Waals surface area contributed by atoms with E-state index >= 15 is 0 Å². The zero-order chi connectivity index (χ0) is 13.0. The lowest BCUT2D eigenvalue weighted by molar-refractivity contribution is 0.141. The number of aliphatic hydroxyl groups is 1. The molecule has 1 heterocycles. The second kappa shape index (κ2) is 6.27. The Labute approximate surface area is 108 Å². The molecule has 3 nitrogen and oxygen atoms in total. The van der Waals surface area contributed by atoms with E-state index in [1.54, 1.807) is 6.92 Å². The average molecular weight is 252 g/mol. The van der Waals surface area contributed by atoms with Crippen LogP contribution in [0.4, 0.5) is 4.39 Å². The predicted molar refractivity (Wildman–Crippen MR) is 70.0 cm³/mol. The van der Waals surface area contributed by atoms with Crippen molar-refractivity contribution in [1.29, 1.82) is 0 Å². The lowest BCUT2D eigenvalue weighted by Gasteiger charge is -2.35. The Bertz CT molecular complexity index is 391. The summed E-state index contributed by atoms with van der Waals surface area (Å²) in [4.78, 5) is 2.36. The normalized spacial score (nSPS) is 18.8. The fraction of sp³-hybridized carbons (Fsp3) is 0.571. The third-order valence-electron chi connectivity index (χ3n) is 3.56. The van der Waals surface area contributed by atoms with Gasteiger partial charge in [0.05, 0.1) is 0 Å². The molecule has 1 aliphatic rings. The van der Waals surface area contributed by atoms with Gasteiger partial charge in [-0.25, -0.2) is 4.39 Å². The minimum atomic E-state index is -0.165. The maximum absolute atomic E-state index is 13.3. The summed E-state index contributed by atoms with van der Waals surface area (Å²) in [5.41, 5.74) is 1.77. The van der Waals surface area contributed by atoms with Gasteiger partial charge in [0, 0.05) is 38.8 Å². The van der Waals surface area contributed by atoms with Crippen LogP contribution >= 0.6 is 0 Å². The van der Waals surface area contributed by atoms with Crippen molar-refractivity contribution in [3.05, 3.63) is 35.1 Å². The summed E-state index contributed by atoms with van der Waals surface area (Å²) in [6, 6.07) is 5.45. The van der Waals surface area contributed by atoms with Crippen LogP contribution in [0, 0.1) is 12.7 Å². The smallest absolute Gasteiger partial charge is 0.126 e. The van der Waals surface area contributed by atoms with E-state index in [1.807, 2.05) is 12.1 Å². The lowest BCUT2D eigenvalue weighted by Crippen LogP contribution is -2.45. The predicted octanol–water partition coefficient (Wildman–Crippen LogP) is 1.46. The molecule has 1 aromatic carbocycles. The van der Waals surface area contributed by atoms with E-state index in [0.29, 0.717) is 12.0 Å². The summed E-state index contributed by atoms with van der Waals surface area (Å²) in [6.45, 7) is 5.84. The van der Waals surface area contributed by atoms with Crippen LogP contribution in [-0.2, 0) is 0 Å². The number of hydrogen-bond acceptors (Lipinski definition) is 3. The number of hydrogen-bond donors (Lipinski definition) is 2. The first-order chi connectivity index (χ1) is 8.72. The number of halogens is 1. The van der Waals surface area contributed by atoms with Gasteiger partial charge in [0.1, 0.15) is 5.82 Å². The van der Waals surface area contributed by atoms with Crippen molar-refractivity contribution in [3.63, 3.8) is 0 Å². The van der Waals surface area contributed by atoms with Gasteiger partial charge in [0.15, 0.2) is 0 Å². The van der Waals surface area contributed by atoms with Crippen molar-refractivity contribution in [1.82, 2.24) is 10.2 Å². The molecule has 1 aliphatic heterocycles. The van der Waals surface area contributed by atoms with E-state index in [2.05, 4.69) is 10.2 Å². The van der Waals surface area contributed by atoms with Crippen LogP contribution in [-0.4, -0.2) is 42.8 Å². The van der Waals surface area contributed by atoms with Crippen molar-refractivity contribution >= 4 is 0 Å². The van der Waals surface area contributed by atoms with Crippen LogP contribution in [0.25, 0.3) is 0 Å². The molecule has 0 amide bonds. The highest BCUT2D eigenvalue weighted by Crippen LogP contribution is 2.25. The molecule has 0 radical (unpaired) electrons. The Kier molecular flexibility index (Phi) is 4.69. The van der Waals surface area contributed by atoms with E-state index in [-0.39, 0.29) is 18.5 Å². The monoisotopic (exact) mass is 252 g/mol. The molecule has 4 heteroatoms. The molecule has 0 aromatic heterocycles. The summed E-state index contributed by atoms with van der Waals surface area (Å²) in [5.74, 6) is -0.165. The van der Waals surface area contributed by atoms with E-state index in [9.17, 15) is 9.50 Å². The lowest BCUT2D eigenvalue weighted by atomic mass is 9.99. The zero-order valence-electron chi connectivity index (χ0n) is 10.8. The minimum Gasteiger partial charge on any atom is -0.396 e. The molecule has 1 atom stereocenters. The Morgan fingerprint density at radius 2 is 2.11 bits per heavy atom. The van der Waals surface area contributed by atoms with Crippen molar-refractivity contribution in [2.75, 3.05) is 32.8 Å². The van der Waals surface area contributed by atoms with Gasteiger partial charge in [0.25, 0.3) is 0 Å². The molecule has 0 spiro atoms. The number of benzene rings is 1. The van der Waals surface area contributed by atoms with Crippen LogP contribution in [0.1, 0.15) is 23.6 Å². The van der Waals surface area contributed by atoms with Gasteiger partial charge in [-0.1, -0.05) is 12.1 Å². The van der Waals surface area contributed by atoms with Gasteiger partial charge < -0.3 is 10.4 Å². The van der Waals surface area contributed by atoms with Gasteiger partial charge in [-0.15, -0.1) is 0 Å². The fourth-order valence-corrected chi connectivity index (χ4v) is 2.55. The maximum Gasteiger partial charge on any atom is 0.126 e. The van der Waals surface area contributed by atoms with Crippen LogP contribution < -0.4 is 5.32 Å². The second-order valence-electron chi connectivity index (χ2n) is 4.82. The van der Waals surface area contributed by atoms with Gasteiger partial charge in [-0.3, -0.25) is 4.90 Å². The Morgan fingerprint density at radius 1 is 1.39 bits per heavy atom. The molecule has 18 heavy (non-hydrogen) atoms. The first kappa shape index (κ1) is 13.5. The molecule has 1 unspecified atom stereocenters. The Morgan fingerprint density at radius 3 is 2.72 bits per heavy atom. The summed E-state index contributed by atoms with van der Waals surface area (Å²) in [6.07, 6.45) is 0.699. The highest BCUT2D eigenvalue weighted by Gasteiger charge is 2.22. The van der Waals surface area contributed by atoms with Crippen LogP contribution in [0.3, 0.4) is 0 Å². The number of aryl methyl sites for hydroxylation is 1. The van der Waals surface area contributed by atoms with Crippen LogP contribution in [0.5, 0.6) is 0 Å². The SMILES string of the molecule is Cc1cc(C(CCO)N2CCNCC2)ccc1F. The number of rotatable bonds is 4. The summed E-state index contributed by atoms with van der Waals surface area (Å²) < 4.78 is 13.3. The first-order valence-electron chi connectivity index (χ1n) is 6.54. The fourth-order valence-electron chi connectivity index (χ4n) is 2.55. The number of piperazine rings is 1. The molecule has 0 aliphatic carbocycles. The number of aliphatic hydroxyl groups excluding tert-OH is 1. The molecular weight excluding hydrogens is 231 g/mol. The van der Waals surface area contributed by atoms with Gasteiger partial charge in [0.2, 0.25) is 0 Å². The van der Waals surface area contributed by atoms with Crippen LogP contribution in [0.2, 0.25) is 0 Å². The molecular formula is C14H21FN2O. The van der Waals surface area contributed by atoms with E-state index in [0.717, 1.165) is 31.7 Å². The van der Waals surface area contributed by atoms with Gasteiger partial charge in [-0.2, -0.15) is 0 Å².